The number of piperidine rings is 2. The fourth-order valence-corrected chi connectivity index (χ4v) is 8.85. The second-order valence-electron chi connectivity index (χ2n) is 11.0. The number of carbonyl (C=O) groups excluding carboxylic acids is 1. The minimum Gasteiger partial charge on any atom is -0.469 e. The molecule has 0 aromatic heterocycles. The number of allylic oxidation sites excluding steroid dienone is 1. The average molecular weight is 372 g/mol. The van der Waals surface area contributed by atoms with Gasteiger partial charge in [-0.05, 0) is 68.1 Å². The van der Waals surface area contributed by atoms with Gasteiger partial charge in [0.15, 0.2) is 0 Å². The van der Waals surface area contributed by atoms with E-state index in [-0.39, 0.29) is 11.4 Å². The lowest BCUT2D eigenvalue weighted by atomic mass is 9.39. The zero-order valence-corrected chi connectivity index (χ0v) is 17.7. The van der Waals surface area contributed by atoms with E-state index in [0.29, 0.717) is 29.2 Å². The third-order valence-corrected chi connectivity index (χ3v) is 9.98. The summed E-state index contributed by atoms with van der Waals surface area (Å²) in [5.41, 5.74) is 2.77. The first-order valence-electron chi connectivity index (χ1n) is 11.4. The number of hydrogen-bond donors (Lipinski definition) is 0. The first-order chi connectivity index (χ1) is 12.9. The maximum absolute atomic E-state index is 12.3. The fraction of sp³-hybridized carbons (Fsp3) is 0.875. The van der Waals surface area contributed by atoms with Crippen LogP contribution in [0.5, 0.6) is 0 Å². The van der Waals surface area contributed by atoms with Crippen LogP contribution in [0.15, 0.2) is 11.6 Å². The van der Waals surface area contributed by atoms with Crippen LogP contribution < -0.4 is 0 Å². The third kappa shape index (κ3) is 2.10. The van der Waals surface area contributed by atoms with Gasteiger partial charge >= 0.3 is 5.97 Å². The SMILES string of the molecule is COC(=O)CCC12C3=CCCC34CCC3CN(C4)C1C(C(C)C)CCC32C. The van der Waals surface area contributed by atoms with Gasteiger partial charge in [-0.1, -0.05) is 32.4 Å². The molecule has 7 unspecified atom stereocenters. The molecule has 3 aliphatic carbocycles. The summed E-state index contributed by atoms with van der Waals surface area (Å²) in [6.07, 6.45) is 12.3. The highest BCUT2D eigenvalue weighted by Gasteiger charge is 2.73. The smallest absolute Gasteiger partial charge is 0.305 e. The maximum Gasteiger partial charge on any atom is 0.305 e. The van der Waals surface area contributed by atoms with Gasteiger partial charge in [-0.25, -0.2) is 0 Å². The molecule has 6 aliphatic rings. The third-order valence-electron chi connectivity index (χ3n) is 9.98. The lowest BCUT2D eigenvalue weighted by molar-refractivity contribution is -0.196. The van der Waals surface area contributed by atoms with Crippen molar-refractivity contribution in [2.45, 2.75) is 78.2 Å². The molecule has 3 saturated heterocycles. The molecule has 0 aromatic rings. The number of rotatable bonds is 4. The number of hydrogen-bond acceptors (Lipinski definition) is 3. The van der Waals surface area contributed by atoms with E-state index in [1.807, 2.05) is 0 Å². The van der Waals surface area contributed by atoms with Crippen molar-refractivity contribution in [2.75, 3.05) is 20.2 Å². The van der Waals surface area contributed by atoms with E-state index in [0.717, 1.165) is 18.3 Å². The van der Waals surface area contributed by atoms with E-state index in [4.69, 9.17) is 4.74 Å². The summed E-state index contributed by atoms with van der Waals surface area (Å²) in [4.78, 5) is 15.2. The molecule has 2 saturated carbocycles. The van der Waals surface area contributed by atoms with Crippen molar-refractivity contribution in [3.63, 3.8) is 0 Å². The van der Waals surface area contributed by atoms with Crippen LogP contribution in [0.25, 0.3) is 0 Å². The molecule has 0 radical (unpaired) electrons. The summed E-state index contributed by atoms with van der Waals surface area (Å²) in [6.45, 7) is 10.1. The van der Waals surface area contributed by atoms with Crippen LogP contribution in [0.2, 0.25) is 0 Å². The van der Waals surface area contributed by atoms with Gasteiger partial charge in [0.25, 0.3) is 0 Å². The largest absolute Gasteiger partial charge is 0.469 e. The van der Waals surface area contributed by atoms with Crippen LogP contribution in [-0.4, -0.2) is 37.1 Å². The van der Waals surface area contributed by atoms with Crippen molar-refractivity contribution in [3.05, 3.63) is 11.6 Å². The summed E-state index contributed by atoms with van der Waals surface area (Å²) in [6, 6.07) is 0.632. The van der Waals surface area contributed by atoms with E-state index in [1.165, 1.54) is 51.6 Å². The minimum atomic E-state index is -0.0187. The zero-order chi connectivity index (χ0) is 19.0. The van der Waals surface area contributed by atoms with Gasteiger partial charge < -0.3 is 4.74 Å². The van der Waals surface area contributed by atoms with Crippen LogP contribution in [0.3, 0.4) is 0 Å². The Hall–Kier alpha value is -0.830. The topological polar surface area (TPSA) is 29.5 Å². The second-order valence-corrected chi connectivity index (χ2v) is 11.0. The predicted molar refractivity (Wildman–Crippen MR) is 107 cm³/mol. The first-order valence-corrected chi connectivity index (χ1v) is 11.4. The average Bonchev–Trinajstić information content (AvgIpc) is 2.94. The van der Waals surface area contributed by atoms with Gasteiger partial charge in [-0.15, -0.1) is 0 Å². The van der Waals surface area contributed by atoms with E-state index in [2.05, 4.69) is 31.7 Å². The van der Waals surface area contributed by atoms with E-state index in [9.17, 15) is 4.79 Å². The number of ether oxygens (including phenoxy) is 1. The molecular weight excluding hydrogens is 334 g/mol. The number of carbonyl (C=O) groups is 1. The van der Waals surface area contributed by atoms with Crippen LogP contribution in [0.4, 0.5) is 0 Å². The first kappa shape index (κ1) is 18.2. The zero-order valence-electron chi connectivity index (χ0n) is 17.7. The maximum atomic E-state index is 12.3. The Morgan fingerprint density at radius 3 is 2.85 bits per heavy atom. The van der Waals surface area contributed by atoms with Crippen LogP contribution in [-0.2, 0) is 9.53 Å². The van der Waals surface area contributed by atoms with E-state index in [1.54, 1.807) is 12.7 Å². The van der Waals surface area contributed by atoms with Crippen LogP contribution in [0, 0.1) is 34.0 Å². The van der Waals surface area contributed by atoms with Crippen molar-refractivity contribution < 1.29 is 9.53 Å². The van der Waals surface area contributed by atoms with Crippen molar-refractivity contribution in [3.8, 4) is 0 Å². The fourth-order valence-electron chi connectivity index (χ4n) is 8.85. The summed E-state index contributed by atoms with van der Waals surface area (Å²) < 4.78 is 5.11. The van der Waals surface area contributed by atoms with Crippen LogP contribution in [0.1, 0.15) is 72.1 Å². The van der Waals surface area contributed by atoms with Gasteiger partial charge in [0.05, 0.1) is 7.11 Å². The van der Waals surface area contributed by atoms with Crippen LogP contribution >= 0.6 is 0 Å². The summed E-state index contributed by atoms with van der Waals surface area (Å²) in [5, 5.41) is 0. The summed E-state index contributed by atoms with van der Waals surface area (Å²) in [5.74, 6) is 2.25. The molecule has 3 heterocycles. The molecule has 3 heteroatoms. The Labute approximate surface area is 164 Å². The molecule has 0 aromatic carbocycles. The molecular formula is C24H37NO2. The van der Waals surface area contributed by atoms with Gasteiger partial charge in [0, 0.05) is 36.4 Å². The van der Waals surface area contributed by atoms with Crippen molar-refractivity contribution >= 4 is 5.97 Å². The molecule has 0 amide bonds. The lowest BCUT2D eigenvalue weighted by Gasteiger charge is -2.72. The molecule has 6 rings (SSSR count). The highest BCUT2D eigenvalue weighted by Crippen LogP contribution is 2.75. The monoisotopic (exact) mass is 371 g/mol. The van der Waals surface area contributed by atoms with Gasteiger partial charge in [-0.3, -0.25) is 9.69 Å². The predicted octanol–water partition coefficient (Wildman–Crippen LogP) is 4.81. The van der Waals surface area contributed by atoms with Crippen molar-refractivity contribution in [2.24, 2.45) is 34.0 Å². The molecule has 150 valence electrons. The number of fused-ring (bicyclic) bond motifs is 1. The van der Waals surface area contributed by atoms with E-state index < -0.39 is 0 Å². The Bertz CT molecular complexity index is 684. The van der Waals surface area contributed by atoms with Gasteiger partial charge in [0.1, 0.15) is 0 Å². The quantitative estimate of drug-likeness (QED) is 0.524. The molecule has 7 atom stereocenters. The Balaban J connectivity index is 1.70. The number of nitrogens with zero attached hydrogens (tertiary/aromatic N) is 1. The van der Waals surface area contributed by atoms with Gasteiger partial charge in [-0.2, -0.15) is 0 Å². The molecule has 1 spiro atoms. The number of methoxy groups -OCH3 is 1. The number of esters is 1. The lowest BCUT2D eigenvalue weighted by Crippen LogP contribution is -2.74. The highest BCUT2D eigenvalue weighted by molar-refractivity contribution is 5.69. The molecule has 3 nitrogen and oxygen atoms in total. The minimum absolute atomic E-state index is 0.0187. The standard InChI is InChI=1S/C24H37NO2/c1-16(2)18-8-11-22(3)17-7-12-23-10-5-6-19(23)24(22,13-9-20(26)27-4)21(18)25(14-17)15-23/h6,16-18,21H,5,7-15H2,1-4H3. The normalized spacial score (nSPS) is 49.7. The van der Waals surface area contributed by atoms with E-state index >= 15 is 0 Å². The molecule has 3 aliphatic heterocycles. The Morgan fingerprint density at radius 2 is 2.11 bits per heavy atom. The van der Waals surface area contributed by atoms with Crippen molar-refractivity contribution in [1.29, 1.82) is 0 Å². The Kier molecular flexibility index (Phi) is 3.94. The molecule has 5 fully saturated rings. The molecule has 0 N–H and O–H groups in total. The second kappa shape index (κ2) is 5.84. The summed E-state index contributed by atoms with van der Waals surface area (Å²) in [7, 11) is 1.55. The molecule has 6 bridgehead atoms. The highest BCUT2D eigenvalue weighted by atomic mass is 16.5. The van der Waals surface area contributed by atoms with Crippen molar-refractivity contribution in [1.82, 2.24) is 4.90 Å². The summed E-state index contributed by atoms with van der Waals surface area (Å²) >= 11 is 0. The molecule has 27 heavy (non-hydrogen) atoms. The van der Waals surface area contributed by atoms with Gasteiger partial charge in [0.2, 0.25) is 0 Å². The Morgan fingerprint density at radius 1 is 1.30 bits per heavy atom.